The van der Waals surface area contributed by atoms with Gasteiger partial charge in [-0.15, -0.1) is 0 Å². The molecule has 0 aromatic heterocycles. The van der Waals surface area contributed by atoms with E-state index >= 15 is 0 Å². The molecule has 2 N–H and O–H groups in total. The van der Waals surface area contributed by atoms with Gasteiger partial charge in [0.15, 0.2) is 0 Å². The van der Waals surface area contributed by atoms with Crippen LogP contribution in [-0.4, -0.2) is 72.9 Å². The molecule has 0 rings (SSSR count). The van der Waals surface area contributed by atoms with Gasteiger partial charge in [-0.3, -0.25) is 4.90 Å². The minimum Gasteiger partial charge on any atom is -0.394 e. The third-order valence-corrected chi connectivity index (χ3v) is 4.33. The van der Waals surface area contributed by atoms with Crippen LogP contribution in [0, 0.1) is 0 Å². The molecule has 0 saturated carbocycles. The van der Waals surface area contributed by atoms with Gasteiger partial charge in [-0.25, -0.2) is 0 Å². The predicted molar refractivity (Wildman–Crippen MR) is 92.9 cm³/mol. The Morgan fingerprint density at radius 2 is 1.76 bits per heavy atom. The second-order valence-electron chi connectivity index (χ2n) is 6.93. The summed E-state index contributed by atoms with van der Waals surface area (Å²) < 4.78 is 0. The van der Waals surface area contributed by atoms with E-state index in [0.717, 1.165) is 38.9 Å². The molecule has 0 aliphatic rings. The maximum atomic E-state index is 9.79. The van der Waals surface area contributed by atoms with Crippen LogP contribution >= 0.6 is 0 Å². The Hall–Kier alpha value is -0.160. The largest absolute Gasteiger partial charge is 0.394 e. The zero-order valence-electron chi connectivity index (χ0n) is 15.4. The average Bonchev–Trinajstić information content (AvgIpc) is 2.40. The SMILES string of the molecule is CCN(CCCC(CC)(CO)NC(C)C)C(C)CN(C)C. The van der Waals surface area contributed by atoms with Gasteiger partial charge in [0, 0.05) is 24.2 Å². The molecular weight excluding hydrogens is 262 g/mol. The standard InChI is InChI=1S/C17H39N3O/c1-8-17(14-21,18-15(3)4)11-10-12-20(9-2)16(5)13-19(6)7/h15-16,18,21H,8-14H2,1-7H3. The number of likely N-dealkylation sites (N-methyl/N-ethyl adjacent to an activating group) is 2. The van der Waals surface area contributed by atoms with Crippen molar-refractivity contribution in [1.29, 1.82) is 0 Å². The molecule has 4 nitrogen and oxygen atoms in total. The lowest BCUT2D eigenvalue weighted by molar-refractivity contribution is 0.123. The molecule has 21 heavy (non-hydrogen) atoms. The van der Waals surface area contributed by atoms with Gasteiger partial charge in [0.1, 0.15) is 0 Å². The monoisotopic (exact) mass is 301 g/mol. The van der Waals surface area contributed by atoms with E-state index < -0.39 is 0 Å². The van der Waals surface area contributed by atoms with Crippen molar-refractivity contribution in [2.45, 2.75) is 71.5 Å². The van der Waals surface area contributed by atoms with Gasteiger partial charge in [-0.2, -0.15) is 0 Å². The lowest BCUT2D eigenvalue weighted by atomic mass is 9.90. The number of aliphatic hydroxyl groups is 1. The minimum atomic E-state index is -0.113. The van der Waals surface area contributed by atoms with Crippen LogP contribution in [0.5, 0.6) is 0 Å². The highest BCUT2D eigenvalue weighted by Gasteiger charge is 2.27. The topological polar surface area (TPSA) is 38.7 Å². The smallest absolute Gasteiger partial charge is 0.0613 e. The van der Waals surface area contributed by atoms with Crippen LogP contribution in [0.25, 0.3) is 0 Å². The van der Waals surface area contributed by atoms with E-state index in [0.29, 0.717) is 12.1 Å². The summed E-state index contributed by atoms with van der Waals surface area (Å²) in [5.74, 6) is 0. The summed E-state index contributed by atoms with van der Waals surface area (Å²) in [4.78, 5) is 4.78. The minimum absolute atomic E-state index is 0.113. The average molecular weight is 302 g/mol. The van der Waals surface area contributed by atoms with Gasteiger partial charge in [0.2, 0.25) is 0 Å². The van der Waals surface area contributed by atoms with Crippen molar-refractivity contribution in [3.8, 4) is 0 Å². The first-order chi connectivity index (χ1) is 9.80. The zero-order chi connectivity index (χ0) is 16.5. The molecule has 4 heteroatoms. The van der Waals surface area contributed by atoms with Crippen molar-refractivity contribution in [1.82, 2.24) is 15.1 Å². The highest BCUT2D eigenvalue weighted by Crippen LogP contribution is 2.19. The van der Waals surface area contributed by atoms with Crippen molar-refractivity contribution in [3.63, 3.8) is 0 Å². The van der Waals surface area contributed by atoms with Gasteiger partial charge >= 0.3 is 0 Å². The molecule has 2 atom stereocenters. The lowest BCUT2D eigenvalue weighted by Gasteiger charge is -2.36. The Kier molecular flexibility index (Phi) is 10.5. The number of rotatable bonds is 12. The Bertz CT molecular complexity index is 252. The fourth-order valence-electron chi connectivity index (χ4n) is 3.15. The summed E-state index contributed by atoms with van der Waals surface area (Å²) in [5.41, 5.74) is -0.113. The van der Waals surface area contributed by atoms with E-state index in [9.17, 15) is 5.11 Å². The Balaban J connectivity index is 4.39. The Morgan fingerprint density at radius 1 is 1.14 bits per heavy atom. The molecule has 0 amide bonds. The van der Waals surface area contributed by atoms with E-state index in [1.807, 2.05) is 0 Å². The number of hydrogen-bond donors (Lipinski definition) is 2. The summed E-state index contributed by atoms with van der Waals surface area (Å²) >= 11 is 0. The molecule has 0 aromatic rings. The summed E-state index contributed by atoms with van der Waals surface area (Å²) in [6.07, 6.45) is 3.13. The molecule has 0 aliphatic carbocycles. The normalized spacial score (nSPS) is 16.7. The highest BCUT2D eigenvalue weighted by molar-refractivity contribution is 4.88. The fraction of sp³-hybridized carbons (Fsp3) is 1.00. The third-order valence-electron chi connectivity index (χ3n) is 4.33. The number of hydrogen-bond acceptors (Lipinski definition) is 4. The summed E-state index contributed by atoms with van der Waals surface area (Å²) in [6.45, 7) is 14.5. The van der Waals surface area contributed by atoms with E-state index in [4.69, 9.17) is 0 Å². The van der Waals surface area contributed by atoms with E-state index in [1.54, 1.807) is 0 Å². The summed E-state index contributed by atoms with van der Waals surface area (Å²) in [5, 5.41) is 13.4. The van der Waals surface area contributed by atoms with Gasteiger partial charge < -0.3 is 15.3 Å². The van der Waals surface area contributed by atoms with Crippen LogP contribution in [0.2, 0.25) is 0 Å². The van der Waals surface area contributed by atoms with E-state index in [-0.39, 0.29) is 12.1 Å². The highest BCUT2D eigenvalue weighted by atomic mass is 16.3. The number of aliphatic hydroxyl groups excluding tert-OH is 1. The van der Waals surface area contributed by atoms with E-state index in [1.165, 1.54) is 0 Å². The first-order valence-electron chi connectivity index (χ1n) is 8.57. The van der Waals surface area contributed by atoms with E-state index in [2.05, 4.69) is 63.8 Å². The molecule has 0 heterocycles. The maximum Gasteiger partial charge on any atom is 0.0613 e. The summed E-state index contributed by atoms with van der Waals surface area (Å²) in [6, 6.07) is 0.986. The third kappa shape index (κ3) is 8.15. The molecule has 0 aliphatic heterocycles. The Labute approximate surface area is 132 Å². The predicted octanol–water partition coefficient (Wildman–Crippen LogP) is 2.18. The van der Waals surface area contributed by atoms with Crippen LogP contribution in [0.1, 0.15) is 53.9 Å². The maximum absolute atomic E-state index is 9.79. The van der Waals surface area contributed by atoms with Crippen molar-refractivity contribution >= 4 is 0 Å². The van der Waals surface area contributed by atoms with Gasteiger partial charge in [-0.05, 0) is 53.4 Å². The van der Waals surface area contributed by atoms with Crippen LogP contribution in [-0.2, 0) is 0 Å². The number of nitrogens with zero attached hydrogens (tertiary/aromatic N) is 2. The molecule has 0 bridgehead atoms. The molecule has 2 unspecified atom stereocenters. The second-order valence-corrected chi connectivity index (χ2v) is 6.93. The van der Waals surface area contributed by atoms with Crippen LogP contribution in [0.15, 0.2) is 0 Å². The van der Waals surface area contributed by atoms with Crippen molar-refractivity contribution in [2.24, 2.45) is 0 Å². The molecule has 0 radical (unpaired) electrons. The fourth-order valence-corrected chi connectivity index (χ4v) is 3.15. The van der Waals surface area contributed by atoms with Gasteiger partial charge in [0.05, 0.1) is 6.61 Å². The molecule has 0 saturated heterocycles. The van der Waals surface area contributed by atoms with Crippen molar-refractivity contribution < 1.29 is 5.11 Å². The second kappa shape index (κ2) is 10.5. The quantitative estimate of drug-likeness (QED) is 0.579. The molecule has 128 valence electrons. The van der Waals surface area contributed by atoms with Gasteiger partial charge in [0.25, 0.3) is 0 Å². The van der Waals surface area contributed by atoms with Crippen LogP contribution in [0.3, 0.4) is 0 Å². The summed E-state index contributed by atoms with van der Waals surface area (Å²) in [7, 11) is 4.26. The molecule has 0 spiro atoms. The molecular formula is C17H39N3O. The van der Waals surface area contributed by atoms with Gasteiger partial charge in [-0.1, -0.05) is 27.7 Å². The lowest BCUT2D eigenvalue weighted by Crippen LogP contribution is -2.51. The van der Waals surface area contributed by atoms with Crippen molar-refractivity contribution in [2.75, 3.05) is 40.3 Å². The van der Waals surface area contributed by atoms with Crippen molar-refractivity contribution in [3.05, 3.63) is 0 Å². The first kappa shape index (κ1) is 20.8. The zero-order valence-corrected chi connectivity index (χ0v) is 15.4. The number of nitrogens with one attached hydrogen (secondary N) is 1. The first-order valence-corrected chi connectivity index (χ1v) is 8.57. The molecule has 0 aromatic carbocycles. The Morgan fingerprint density at radius 3 is 2.14 bits per heavy atom. The molecule has 0 fully saturated rings. The van der Waals surface area contributed by atoms with Crippen LogP contribution < -0.4 is 5.32 Å². The van der Waals surface area contributed by atoms with Crippen LogP contribution in [0.4, 0.5) is 0 Å².